The molecule has 0 saturated carbocycles. The summed E-state index contributed by atoms with van der Waals surface area (Å²) in [4.78, 5) is 14.3. The summed E-state index contributed by atoms with van der Waals surface area (Å²) in [5, 5.41) is 0. The van der Waals surface area contributed by atoms with Gasteiger partial charge in [0, 0.05) is 25.2 Å². The Morgan fingerprint density at radius 1 is 1.22 bits per heavy atom. The van der Waals surface area contributed by atoms with Crippen LogP contribution in [-0.4, -0.2) is 57.3 Å². The highest BCUT2D eigenvalue weighted by Gasteiger charge is 2.24. The van der Waals surface area contributed by atoms with E-state index in [0.717, 1.165) is 25.2 Å². The van der Waals surface area contributed by atoms with Crippen LogP contribution < -0.4 is 14.2 Å². The smallest absolute Gasteiger partial charge is 0.204 e. The molecule has 1 unspecified atom stereocenters. The summed E-state index contributed by atoms with van der Waals surface area (Å²) < 4.78 is 27.7. The molecule has 27 heavy (non-hydrogen) atoms. The highest BCUT2D eigenvalue weighted by atomic mass is 16.6. The van der Waals surface area contributed by atoms with Gasteiger partial charge < -0.3 is 23.4 Å². The summed E-state index contributed by atoms with van der Waals surface area (Å²) in [5.74, 6) is 1.22. The molecule has 1 aliphatic heterocycles. The van der Waals surface area contributed by atoms with Gasteiger partial charge in [0.15, 0.2) is 17.3 Å². The number of rotatable bonds is 8. The van der Waals surface area contributed by atoms with Crippen molar-refractivity contribution in [3.8, 4) is 17.2 Å². The number of benzene rings is 1. The molecule has 0 N–H and O–H groups in total. The van der Waals surface area contributed by atoms with Crippen LogP contribution >= 0.6 is 0 Å². The van der Waals surface area contributed by atoms with E-state index < -0.39 is 0 Å². The van der Waals surface area contributed by atoms with Crippen molar-refractivity contribution < 1.29 is 28.2 Å². The molecule has 1 saturated heterocycles. The van der Waals surface area contributed by atoms with Crippen LogP contribution in [0, 0.1) is 0 Å². The van der Waals surface area contributed by atoms with Crippen molar-refractivity contribution >= 4 is 5.78 Å². The van der Waals surface area contributed by atoms with Crippen molar-refractivity contribution in [1.82, 2.24) is 4.90 Å². The maximum absolute atomic E-state index is 12.0. The van der Waals surface area contributed by atoms with Gasteiger partial charge in [-0.15, -0.1) is 0 Å². The average Bonchev–Trinajstić information content (AvgIpc) is 3.18. The second kappa shape index (κ2) is 8.92. The van der Waals surface area contributed by atoms with Crippen molar-refractivity contribution in [2.75, 3.05) is 40.5 Å². The first-order chi connectivity index (χ1) is 13.1. The largest absolute Gasteiger partial charge is 0.493 e. The van der Waals surface area contributed by atoms with E-state index in [0.29, 0.717) is 36.0 Å². The molecule has 1 atom stereocenters. The van der Waals surface area contributed by atoms with Crippen LogP contribution in [0.3, 0.4) is 0 Å². The third-order valence-electron chi connectivity index (χ3n) is 4.50. The number of carbonyl (C=O) groups excluding carboxylic acids is 1. The molecule has 0 radical (unpaired) electrons. The summed E-state index contributed by atoms with van der Waals surface area (Å²) in [6.07, 6.45) is 3.32. The molecule has 3 rings (SSSR count). The molecule has 1 aliphatic rings. The molecule has 2 heterocycles. The van der Waals surface area contributed by atoms with Crippen LogP contribution in [0.25, 0.3) is 0 Å². The minimum atomic E-state index is -0.110. The Morgan fingerprint density at radius 2 is 2.07 bits per heavy atom. The first kappa shape index (κ1) is 19.3. The fourth-order valence-corrected chi connectivity index (χ4v) is 3.16. The fourth-order valence-electron chi connectivity index (χ4n) is 3.16. The van der Waals surface area contributed by atoms with E-state index in [1.54, 1.807) is 31.8 Å². The summed E-state index contributed by atoms with van der Waals surface area (Å²) in [6, 6.07) is 5.35. The molecule has 146 valence electrons. The Kier molecular flexibility index (Phi) is 6.36. The molecule has 0 spiro atoms. The second-order valence-electron chi connectivity index (χ2n) is 6.40. The SMILES string of the molecule is COc1ccc(C(C)=O)c(OCC2CN(Cc3ccoc3)CCO2)c1OC. The van der Waals surface area contributed by atoms with E-state index in [-0.39, 0.29) is 11.9 Å². The summed E-state index contributed by atoms with van der Waals surface area (Å²) in [5.41, 5.74) is 1.59. The molecule has 1 aromatic heterocycles. The van der Waals surface area contributed by atoms with Crippen LogP contribution in [0.5, 0.6) is 17.2 Å². The number of Topliss-reactive ketones (excluding diaryl/α,β-unsaturated/α-hetero) is 1. The lowest BCUT2D eigenvalue weighted by atomic mass is 10.1. The van der Waals surface area contributed by atoms with Crippen molar-refractivity contribution in [1.29, 1.82) is 0 Å². The van der Waals surface area contributed by atoms with Gasteiger partial charge in [-0.3, -0.25) is 9.69 Å². The normalized spacial score (nSPS) is 17.5. The van der Waals surface area contributed by atoms with Crippen LogP contribution in [0.4, 0.5) is 0 Å². The van der Waals surface area contributed by atoms with E-state index >= 15 is 0 Å². The summed E-state index contributed by atoms with van der Waals surface area (Å²) in [7, 11) is 3.07. The molecule has 1 aromatic carbocycles. The predicted octanol–water partition coefficient (Wildman–Crippen LogP) is 2.78. The first-order valence-electron chi connectivity index (χ1n) is 8.86. The van der Waals surface area contributed by atoms with Gasteiger partial charge in [0.2, 0.25) is 5.75 Å². The van der Waals surface area contributed by atoms with Gasteiger partial charge >= 0.3 is 0 Å². The van der Waals surface area contributed by atoms with E-state index in [1.165, 1.54) is 14.0 Å². The number of furan rings is 1. The minimum absolute atomic E-state index is 0.0999. The molecular weight excluding hydrogens is 350 g/mol. The Labute approximate surface area is 158 Å². The van der Waals surface area contributed by atoms with E-state index in [1.807, 2.05) is 6.07 Å². The third-order valence-corrected chi connectivity index (χ3v) is 4.50. The first-order valence-corrected chi connectivity index (χ1v) is 8.86. The monoisotopic (exact) mass is 375 g/mol. The third kappa shape index (κ3) is 4.61. The molecule has 2 aromatic rings. The van der Waals surface area contributed by atoms with Gasteiger partial charge in [0.25, 0.3) is 0 Å². The Bertz CT molecular complexity index is 758. The van der Waals surface area contributed by atoms with E-state index in [2.05, 4.69) is 4.90 Å². The Balaban J connectivity index is 1.69. The zero-order valence-electron chi connectivity index (χ0n) is 15.9. The van der Waals surface area contributed by atoms with Crippen molar-refractivity contribution in [2.45, 2.75) is 19.6 Å². The number of methoxy groups -OCH3 is 2. The molecule has 7 heteroatoms. The lowest BCUT2D eigenvalue weighted by molar-refractivity contribution is -0.0508. The van der Waals surface area contributed by atoms with Crippen molar-refractivity contribution in [2.24, 2.45) is 0 Å². The Morgan fingerprint density at radius 3 is 2.74 bits per heavy atom. The van der Waals surface area contributed by atoms with Gasteiger partial charge in [-0.25, -0.2) is 0 Å². The zero-order valence-corrected chi connectivity index (χ0v) is 15.9. The van der Waals surface area contributed by atoms with Crippen molar-refractivity contribution in [3.63, 3.8) is 0 Å². The standard InChI is InChI=1S/C20H25NO6/c1-14(22)17-4-5-18(23-2)20(24-3)19(17)27-13-16-11-21(7-9-26-16)10-15-6-8-25-12-15/h4-6,8,12,16H,7,9-11,13H2,1-3H3. The highest BCUT2D eigenvalue weighted by molar-refractivity contribution is 5.98. The number of ketones is 1. The lowest BCUT2D eigenvalue weighted by Crippen LogP contribution is -2.44. The second-order valence-corrected chi connectivity index (χ2v) is 6.40. The lowest BCUT2D eigenvalue weighted by Gasteiger charge is -2.32. The maximum atomic E-state index is 12.0. The molecular formula is C20H25NO6. The van der Waals surface area contributed by atoms with Crippen LogP contribution in [0.15, 0.2) is 35.1 Å². The number of ether oxygens (including phenoxy) is 4. The van der Waals surface area contributed by atoms with Gasteiger partial charge in [-0.05, 0) is 25.1 Å². The summed E-state index contributed by atoms with van der Waals surface area (Å²) in [6.45, 7) is 4.82. The molecule has 0 aliphatic carbocycles. The minimum Gasteiger partial charge on any atom is -0.493 e. The fraction of sp³-hybridized carbons (Fsp3) is 0.450. The number of carbonyl (C=O) groups is 1. The maximum Gasteiger partial charge on any atom is 0.204 e. The van der Waals surface area contributed by atoms with Crippen molar-refractivity contribution in [3.05, 3.63) is 41.9 Å². The number of hydrogen-bond donors (Lipinski definition) is 0. The zero-order chi connectivity index (χ0) is 19.2. The van der Waals surface area contributed by atoms with Crippen LogP contribution in [0.1, 0.15) is 22.8 Å². The van der Waals surface area contributed by atoms with Gasteiger partial charge in [-0.2, -0.15) is 0 Å². The quantitative estimate of drug-likeness (QED) is 0.657. The summed E-state index contributed by atoms with van der Waals surface area (Å²) >= 11 is 0. The van der Waals surface area contributed by atoms with Crippen LogP contribution in [-0.2, 0) is 11.3 Å². The Hall–Kier alpha value is -2.51. The molecule has 1 fully saturated rings. The topological polar surface area (TPSA) is 70.4 Å². The number of nitrogens with zero attached hydrogens (tertiary/aromatic N) is 1. The van der Waals surface area contributed by atoms with Gasteiger partial charge in [0.05, 0.1) is 38.9 Å². The molecule has 7 nitrogen and oxygen atoms in total. The van der Waals surface area contributed by atoms with Crippen LogP contribution in [0.2, 0.25) is 0 Å². The van der Waals surface area contributed by atoms with Gasteiger partial charge in [-0.1, -0.05) is 0 Å². The molecule has 0 amide bonds. The van der Waals surface area contributed by atoms with E-state index in [9.17, 15) is 4.79 Å². The number of hydrogen-bond acceptors (Lipinski definition) is 7. The van der Waals surface area contributed by atoms with Gasteiger partial charge in [0.1, 0.15) is 12.7 Å². The molecule has 0 bridgehead atoms. The number of morpholine rings is 1. The average molecular weight is 375 g/mol. The highest BCUT2D eigenvalue weighted by Crippen LogP contribution is 2.40. The van der Waals surface area contributed by atoms with E-state index in [4.69, 9.17) is 23.4 Å². The predicted molar refractivity (Wildman–Crippen MR) is 98.8 cm³/mol.